The van der Waals surface area contributed by atoms with E-state index < -0.39 is 6.16 Å². The second kappa shape index (κ2) is 8.39. The number of amides is 1. The summed E-state index contributed by atoms with van der Waals surface area (Å²) in [7, 11) is 1.84. The summed E-state index contributed by atoms with van der Waals surface area (Å²) in [6, 6.07) is 0. The van der Waals surface area contributed by atoms with Gasteiger partial charge in [-0.2, -0.15) is 0 Å². The standard InChI is InChI=1S/C5H9NO.CH2O3.Cs.H/c1-6-4-2-3-5(6)7;2-1(3)4;;/h2-4H2,1H3;(H2,2,3,4);;. The number of carbonyl (C=O) groups excluding carboxylic acids is 1. The van der Waals surface area contributed by atoms with Crippen molar-refractivity contribution >= 4 is 81.0 Å². The molecule has 0 aromatic heterocycles. The summed E-state index contributed by atoms with van der Waals surface area (Å²) in [6.45, 7) is 0.957. The zero-order valence-corrected chi connectivity index (χ0v) is 6.28. The van der Waals surface area contributed by atoms with E-state index in [2.05, 4.69) is 0 Å². The van der Waals surface area contributed by atoms with Gasteiger partial charge < -0.3 is 15.1 Å². The molecule has 0 spiro atoms. The molecule has 1 amide bonds. The Morgan fingerprint density at radius 3 is 2.00 bits per heavy atom. The van der Waals surface area contributed by atoms with Crippen LogP contribution < -0.4 is 0 Å². The molecule has 1 heterocycles. The Morgan fingerprint density at radius 1 is 1.50 bits per heavy atom. The molecule has 6 heteroatoms. The van der Waals surface area contributed by atoms with Crippen LogP contribution in [0.1, 0.15) is 12.8 Å². The van der Waals surface area contributed by atoms with Gasteiger partial charge in [0.1, 0.15) is 0 Å². The van der Waals surface area contributed by atoms with Crippen molar-refractivity contribution in [1.29, 1.82) is 0 Å². The topological polar surface area (TPSA) is 77.8 Å². The van der Waals surface area contributed by atoms with Crippen molar-refractivity contribution < 1.29 is 19.8 Å². The maximum absolute atomic E-state index is 10.5. The zero-order valence-electron chi connectivity index (χ0n) is 6.28. The van der Waals surface area contributed by atoms with Gasteiger partial charge >= 0.3 is 75.0 Å². The van der Waals surface area contributed by atoms with Gasteiger partial charge in [-0.3, -0.25) is 4.79 Å². The number of carboxylic acid groups (broad SMARTS) is 2. The van der Waals surface area contributed by atoms with Crippen molar-refractivity contribution in [3.63, 3.8) is 0 Å². The summed E-state index contributed by atoms with van der Waals surface area (Å²) in [5, 5.41) is 13.9. The molecule has 66 valence electrons. The third-order valence-electron chi connectivity index (χ3n) is 1.31. The van der Waals surface area contributed by atoms with Crippen LogP contribution in [0.25, 0.3) is 0 Å². The Hall–Kier alpha value is 0.792. The third kappa shape index (κ3) is 8.88. The molecule has 0 saturated carbocycles. The molecular weight excluding hydrogens is 283 g/mol. The van der Waals surface area contributed by atoms with Crippen molar-refractivity contribution in [2.24, 2.45) is 0 Å². The van der Waals surface area contributed by atoms with E-state index in [0.29, 0.717) is 5.91 Å². The number of hydrogen-bond acceptors (Lipinski definition) is 2. The average Bonchev–Trinajstić information content (AvgIpc) is 2.15. The summed E-state index contributed by atoms with van der Waals surface area (Å²) >= 11 is 0. The van der Waals surface area contributed by atoms with E-state index >= 15 is 0 Å². The van der Waals surface area contributed by atoms with E-state index in [4.69, 9.17) is 15.0 Å². The Labute approximate surface area is 130 Å². The van der Waals surface area contributed by atoms with Crippen LogP contribution >= 0.6 is 0 Å². The molecular formula is C6H12CsNO4. The Balaban J connectivity index is 0. The summed E-state index contributed by atoms with van der Waals surface area (Å²) in [5.41, 5.74) is 0. The molecule has 12 heavy (non-hydrogen) atoms. The SMILES string of the molecule is CN1CCCC1=O.O=C(O)O.[CsH]. The van der Waals surface area contributed by atoms with Crippen LogP contribution in [-0.4, -0.2) is 110 Å². The molecule has 0 aromatic carbocycles. The van der Waals surface area contributed by atoms with Crippen molar-refractivity contribution in [2.75, 3.05) is 13.6 Å². The molecule has 5 nitrogen and oxygen atoms in total. The van der Waals surface area contributed by atoms with E-state index in [1.807, 2.05) is 7.05 Å². The van der Waals surface area contributed by atoms with Gasteiger partial charge in [0.05, 0.1) is 0 Å². The first-order valence-electron chi connectivity index (χ1n) is 3.20. The Morgan fingerprint density at radius 2 is 1.92 bits per heavy atom. The van der Waals surface area contributed by atoms with Gasteiger partial charge in [-0.15, -0.1) is 0 Å². The first kappa shape index (κ1) is 15.3. The van der Waals surface area contributed by atoms with E-state index in [-0.39, 0.29) is 68.9 Å². The van der Waals surface area contributed by atoms with Crippen LogP contribution in [0.4, 0.5) is 4.79 Å². The van der Waals surface area contributed by atoms with E-state index in [0.717, 1.165) is 19.4 Å². The monoisotopic (exact) mass is 295 g/mol. The minimum atomic E-state index is -1.83. The molecule has 0 radical (unpaired) electrons. The molecule has 2 N–H and O–H groups in total. The summed E-state index contributed by atoms with van der Waals surface area (Å²) in [6.07, 6.45) is -0.0220. The number of hydrogen-bond donors (Lipinski definition) is 2. The second-order valence-electron chi connectivity index (χ2n) is 2.20. The fourth-order valence-corrected chi connectivity index (χ4v) is 0.783. The van der Waals surface area contributed by atoms with Crippen LogP contribution in [0.15, 0.2) is 0 Å². The molecule has 0 atom stereocenters. The van der Waals surface area contributed by atoms with Gasteiger partial charge in [0.25, 0.3) is 0 Å². The van der Waals surface area contributed by atoms with Gasteiger partial charge in [0.2, 0.25) is 5.91 Å². The molecule has 0 aromatic rings. The minimum absolute atomic E-state index is 0. The molecule has 0 aliphatic carbocycles. The first-order chi connectivity index (χ1) is 5.04. The molecule has 1 aliphatic rings. The van der Waals surface area contributed by atoms with Crippen molar-refractivity contribution in [1.82, 2.24) is 4.90 Å². The van der Waals surface area contributed by atoms with E-state index in [9.17, 15) is 4.79 Å². The van der Waals surface area contributed by atoms with Gasteiger partial charge in [-0.25, -0.2) is 4.79 Å². The first-order valence-corrected chi connectivity index (χ1v) is 3.20. The van der Waals surface area contributed by atoms with Gasteiger partial charge in [-0.1, -0.05) is 0 Å². The number of carbonyl (C=O) groups is 2. The predicted molar refractivity (Wildman–Crippen MR) is 44.7 cm³/mol. The molecule has 1 rings (SSSR count). The van der Waals surface area contributed by atoms with Crippen LogP contribution in [-0.2, 0) is 4.79 Å². The van der Waals surface area contributed by atoms with E-state index in [1.54, 1.807) is 4.90 Å². The zero-order chi connectivity index (χ0) is 8.85. The molecule has 1 aliphatic heterocycles. The fourth-order valence-electron chi connectivity index (χ4n) is 0.783. The summed E-state index contributed by atoms with van der Waals surface area (Å²) < 4.78 is 0. The predicted octanol–water partition coefficient (Wildman–Crippen LogP) is -0.188. The van der Waals surface area contributed by atoms with Crippen molar-refractivity contribution in [2.45, 2.75) is 12.8 Å². The quantitative estimate of drug-likeness (QED) is 0.649. The number of rotatable bonds is 0. The molecule has 0 unspecified atom stereocenters. The number of nitrogens with zero attached hydrogens (tertiary/aromatic N) is 1. The van der Waals surface area contributed by atoms with Gasteiger partial charge in [0.15, 0.2) is 0 Å². The average molecular weight is 295 g/mol. The normalized spacial score (nSPS) is 14.4. The van der Waals surface area contributed by atoms with Crippen LogP contribution in [0.5, 0.6) is 0 Å². The maximum atomic E-state index is 10.5. The summed E-state index contributed by atoms with van der Waals surface area (Å²) in [5.74, 6) is 0.292. The molecule has 1 fully saturated rings. The third-order valence-corrected chi connectivity index (χ3v) is 1.31. The van der Waals surface area contributed by atoms with Crippen LogP contribution in [0.3, 0.4) is 0 Å². The van der Waals surface area contributed by atoms with Crippen molar-refractivity contribution in [3.05, 3.63) is 0 Å². The van der Waals surface area contributed by atoms with E-state index in [1.165, 1.54) is 0 Å². The molecule has 0 bridgehead atoms. The summed E-state index contributed by atoms with van der Waals surface area (Å²) in [4.78, 5) is 20.8. The second-order valence-corrected chi connectivity index (χ2v) is 2.20. The Kier molecular flexibility index (Phi) is 10.7. The Bertz CT molecular complexity index is 158. The number of likely N-dealkylation sites (tertiary alicyclic amines) is 1. The van der Waals surface area contributed by atoms with Crippen molar-refractivity contribution in [3.8, 4) is 0 Å². The molecule has 1 saturated heterocycles. The van der Waals surface area contributed by atoms with Crippen LogP contribution in [0, 0.1) is 0 Å². The fraction of sp³-hybridized carbons (Fsp3) is 0.667. The van der Waals surface area contributed by atoms with Gasteiger partial charge in [-0.05, 0) is 6.42 Å². The van der Waals surface area contributed by atoms with Crippen LogP contribution in [0.2, 0.25) is 0 Å². The van der Waals surface area contributed by atoms with Gasteiger partial charge in [0, 0.05) is 20.0 Å².